The molecule has 2 rings (SSSR count). The Hall–Kier alpha value is -1.00. The zero-order valence-corrected chi connectivity index (χ0v) is 12.8. The van der Waals surface area contributed by atoms with Crippen LogP contribution in [0, 0.1) is 5.92 Å². The Morgan fingerprint density at radius 2 is 2.00 bits per heavy atom. The molecule has 0 amide bonds. The lowest BCUT2D eigenvalue weighted by molar-refractivity contribution is -0.142. The number of carbonyl (C=O) groups is 1. The molecule has 1 aliphatic rings. The lowest BCUT2D eigenvalue weighted by Gasteiger charge is -2.27. The number of nitrogens with one attached hydrogen (secondary N) is 1. The molecule has 0 unspecified atom stereocenters. The molecule has 0 bridgehead atoms. The molecule has 1 aromatic carbocycles. The van der Waals surface area contributed by atoms with Gasteiger partial charge < -0.3 is 10.4 Å². The van der Waals surface area contributed by atoms with Gasteiger partial charge in [-0.3, -0.25) is 4.79 Å². The molecule has 0 aliphatic heterocycles. The Morgan fingerprint density at radius 3 is 2.65 bits per heavy atom. The van der Waals surface area contributed by atoms with E-state index in [1.54, 1.807) is 0 Å². The molecule has 1 aromatic rings. The summed E-state index contributed by atoms with van der Waals surface area (Å²) in [5, 5.41) is 12.6. The molecule has 0 saturated heterocycles. The van der Waals surface area contributed by atoms with Crippen LogP contribution >= 0.6 is 11.8 Å². The van der Waals surface area contributed by atoms with Gasteiger partial charge in [-0.15, -0.1) is 0 Å². The van der Waals surface area contributed by atoms with Crippen LogP contribution in [0.5, 0.6) is 0 Å². The number of carboxylic acid groups (broad SMARTS) is 1. The van der Waals surface area contributed by atoms with E-state index in [0.717, 1.165) is 38.0 Å². The first-order valence-electron chi connectivity index (χ1n) is 7.22. The summed E-state index contributed by atoms with van der Waals surface area (Å²) < 4.78 is 0. The van der Waals surface area contributed by atoms with Gasteiger partial charge in [0.2, 0.25) is 0 Å². The molecule has 1 saturated carbocycles. The number of rotatable bonds is 6. The van der Waals surface area contributed by atoms with Crippen LogP contribution in [-0.4, -0.2) is 23.4 Å². The van der Waals surface area contributed by atoms with Crippen molar-refractivity contribution in [1.82, 2.24) is 5.32 Å². The van der Waals surface area contributed by atoms with E-state index in [2.05, 4.69) is 35.8 Å². The minimum atomic E-state index is -0.631. The Morgan fingerprint density at radius 1 is 1.30 bits per heavy atom. The fraction of sp³-hybridized carbons (Fsp3) is 0.562. The standard InChI is InChI=1S/C16H23NO2S/c1-20-11-13-4-2-3-12(9-13)10-17-15-7-5-14(6-8-15)16(18)19/h2-4,9,14-15,17H,5-8,10-11H2,1H3,(H,18,19). The molecule has 0 heterocycles. The first kappa shape index (κ1) is 15.4. The van der Waals surface area contributed by atoms with Crippen LogP contribution in [0.3, 0.4) is 0 Å². The summed E-state index contributed by atoms with van der Waals surface area (Å²) in [6, 6.07) is 9.16. The van der Waals surface area contributed by atoms with E-state index < -0.39 is 5.97 Å². The largest absolute Gasteiger partial charge is 0.481 e. The highest BCUT2D eigenvalue weighted by Gasteiger charge is 2.25. The van der Waals surface area contributed by atoms with Crippen molar-refractivity contribution in [3.05, 3.63) is 35.4 Å². The van der Waals surface area contributed by atoms with Crippen molar-refractivity contribution in [3.8, 4) is 0 Å². The molecule has 0 atom stereocenters. The topological polar surface area (TPSA) is 49.3 Å². The van der Waals surface area contributed by atoms with Gasteiger partial charge in [0.05, 0.1) is 5.92 Å². The molecule has 2 N–H and O–H groups in total. The summed E-state index contributed by atoms with van der Waals surface area (Å²) in [6.07, 6.45) is 5.67. The highest BCUT2D eigenvalue weighted by molar-refractivity contribution is 7.97. The zero-order chi connectivity index (χ0) is 14.4. The minimum Gasteiger partial charge on any atom is -0.481 e. The van der Waals surface area contributed by atoms with Crippen LogP contribution in [0.25, 0.3) is 0 Å². The van der Waals surface area contributed by atoms with Gasteiger partial charge in [-0.2, -0.15) is 11.8 Å². The van der Waals surface area contributed by atoms with Gasteiger partial charge in [0.25, 0.3) is 0 Å². The summed E-state index contributed by atoms with van der Waals surface area (Å²) >= 11 is 1.84. The first-order valence-corrected chi connectivity index (χ1v) is 8.61. The maximum Gasteiger partial charge on any atom is 0.306 e. The van der Waals surface area contributed by atoms with Crippen LogP contribution in [-0.2, 0) is 17.1 Å². The van der Waals surface area contributed by atoms with Crippen molar-refractivity contribution in [2.75, 3.05) is 6.26 Å². The van der Waals surface area contributed by atoms with Crippen LogP contribution in [0.15, 0.2) is 24.3 Å². The van der Waals surface area contributed by atoms with Crippen molar-refractivity contribution in [1.29, 1.82) is 0 Å². The van der Waals surface area contributed by atoms with Crippen molar-refractivity contribution < 1.29 is 9.90 Å². The SMILES string of the molecule is CSCc1cccc(CNC2CCC(C(=O)O)CC2)c1. The molecule has 1 fully saturated rings. The van der Waals surface area contributed by atoms with Crippen LogP contribution in [0.4, 0.5) is 0 Å². The predicted octanol–water partition coefficient (Wildman–Crippen LogP) is 3.28. The molecule has 1 aliphatic carbocycles. The molecule has 0 radical (unpaired) electrons. The summed E-state index contributed by atoms with van der Waals surface area (Å²) in [4.78, 5) is 10.9. The number of benzene rings is 1. The molecule has 0 aromatic heterocycles. The van der Waals surface area contributed by atoms with Crippen LogP contribution in [0.1, 0.15) is 36.8 Å². The average Bonchev–Trinajstić information content (AvgIpc) is 2.46. The maximum atomic E-state index is 10.9. The summed E-state index contributed by atoms with van der Waals surface area (Å²) in [7, 11) is 0. The van der Waals surface area contributed by atoms with Gasteiger partial charge in [-0.1, -0.05) is 24.3 Å². The Balaban J connectivity index is 1.78. The fourth-order valence-electron chi connectivity index (χ4n) is 2.80. The third-order valence-corrected chi connectivity index (χ3v) is 4.60. The quantitative estimate of drug-likeness (QED) is 0.845. The normalized spacial score (nSPS) is 22.6. The van der Waals surface area contributed by atoms with Crippen molar-refractivity contribution in [3.63, 3.8) is 0 Å². The lowest BCUT2D eigenvalue weighted by Crippen LogP contribution is -2.34. The van der Waals surface area contributed by atoms with Gasteiger partial charge >= 0.3 is 5.97 Å². The minimum absolute atomic E-state index is 0.127. The summed E-state index contributed by atoms with van der Waals surface area (Å²) in [6.45, 7) is 0.880. The van der Waals surface area contributed by atoms with Gasteiger partial charge in [-0.05, 0) is 43.1 Å². The van der Waals surface area contributed by atoms with E-state index in [4.69, 9.17) is 5.11 Å². The van der Waals surface area contributed by atoms with Crippen molar-refractivity contribution in [2.45, 2.75) is 44.0 Å². The average molecular weight is 293 g/mol. The van der Waals surface area contributed by atoms with Gasteiger partial charge in [0.1, 0.15) is 0 Å². The second-order valence-corrected chi connectivity index (χ2v) is 6.39. The van der Waals surface area contributed by atoms with Crippen LogP contribution in [0.2, 0.25) is 0 Å². The number of thioether (sulfide) groups is 1. The highest BCUT2D eigenvalue weighted by Crippen LogP contribution is 2.24. The van der Waals surface area contributed by atoms with E-state index in [0.29, 0.717) is 6.04 Å². The zero-order valence-electron chi connectivity index (χ0n) is 12.0. The second-order valence-electron chi connectivity index (χ2n) is 5.52. The van der Waals surface area contributed by atoms with E-state index >= 15 is 0 Å². The van der Waals surface area contributed by atoms with Gasteiger partial charge in [-0.25, -0.2) is 0 Å². The van der Waals surface area contributed by atoms with E-state index in [1.807, 2.05) is 11.8 Å². The molecular weight excluding hydrogens is 270 g/mol. The Bertz CT molecular complexity index is 442. The second kappa shape index (κ2) is 7.70. The van der Waals surface area contributed by atoms with Gasteiger partial charge in [0.15, 0.2) is 0 Å². The lowest BCUT2D eigenvalue weighted by atomic mass is 9.86. The number of aliphatic carboxylic acids is 1. The molecule has 20 heavy (non-hydrogen) atoms. The van der Waals surface area contributed by atoms with E-state index in [1.165, 1.54) is 11.1 Å². The summed E-state index contributed by atoms with van der Waals surface area (Å²) in [5.41, 5.74) is 2.68. The van der Waals surface area contributed by atoms with Gasteiger partial charge in [0, 0.05) is 18.3 Å². The smallest absolute Gasteiger partial charge is 0.306 e. The Kier molecular flexibility index (Phi) is 5.92. The highest BCUT2D eigenvalue weighted by atomic mass is 32.2. The molecule has 0 spiro atoms. The van der Waals surface area contributed by atoms with E-state index in [9.17, 15) is 4.79 Å². The third kappa shape index (κ3) is 4.53. The summed E-state index contributed by atoms with van der Waals surface area (Å²) in [5.74, 6) is 0.295. The van der Waals surface area contributed by atoms with Crippen molar-refractivity contribution >= 4 is 17.7 Å². The molecular formula is C16H23NO2S. The number of carboxylic acids is 1. The van der Waals surface area contributed by atoms with Crippen molar-refractivity contribution in [2.24, 2.45) is 5.92 Å². The molecule has 4 heteroatoms. The predicted molar refractivity (Wildman–Crippen MR) is 83.9 cm³/mol. The first-order chi connectivity index (χ1) is 9.69. The van der Waals surface area contributed by atoms with Crippen LogP contribution < -0.4 is 5.32 Å². The number of hydrogen-bond acceptors (Lipinski definition) is 3. The monoisotopic (exact) mass is 293 g/mol. The molecule has 3 nitrogen and oxygen atoms in total. The Labute approximate surface area is 125 Å². The molecule has 110 valence electrons. The number of hydrogen-bond donors (Lipinski definition) is 2. The van der Waals surface area contributed by atoms with E-state index in [-0.39, 0.29) is 5.92 Å². The maximum absolute atomic E-state index is 10.9. The third-order valence-electron chi connectivity index (χ3n) is 3.97. The fourth-order valence-corrected chi connectivity index (χ4v) is 3.32.